The molecule has 0 spiro atoms. The maximum atomic E-state index is 11.7. The Kier molecular flexibility index (Phi) is 6.80. The third-order valence-electron chi connectivity index (χ3n) is 3.60. The fraction of sp³-hybridized carbons (Fsp3) is 0.938. The van der Waals surface area contributed by atoms with E-state index < -0.39 is 5.60 Å². The second kappa shape index (κ2) is 7.87. The summed E-state index contributed by atoms with van der Waals surface area (Å²) in [5, 5.41) is 6.60. The number of carbonyl (C=O) groups excluding carboxylic acids is 1. The maximum absolute atomic E-state index is 11.7. The van der Waals surface area contributed by atoms with Crippen molar-refractivity contribution in [3.63, 3.8) is 0 Å². The van der Waals surface area contributed by atoms with Crippen LogP contribution in [-0.4, -0.2) is 30.3 Å². The first-order chi connectivity index (χ1) is 9.26. The normalized spacial score (nSPS) is 23.7. The third kappa shape index (κ3) is 7.73. The van der Waals surface area contributed by atoms with Crippen molar-refractivity contribution in [2.45, 2.75) is 84.4 Å². The molecule has 0 aromatic heterocycles. The summed E-state index contributed by atoms with van der Waals surface area (Å²) < 4.78 is 5.29. The van der Waals surface area contributed by atoms with Crippen LogP contribution in [0.15, 0.2) is 0 Å². The number of nitrogens with one attached hydrogen (secondary N) is 2. The van der Waals surface area contributed by atoms with E-state index in [1.54, 1.807) is 0 Å². The molecule has 1 aliphatic carbocycles. The van der Waals surface area contributed by atoms with Crippen LogP contribution < -0.4 is 10.6 Å². The van der Waals surface area contributed by atoms with Crippen molar-refractivity contribution < 1.29 is 9.53 Å². The van der Waals surface area contributed by atoms with Crippen molar-refractivity contribution in [3.05, 3.63) is 0 Å². The highest BCUT2D eigenvalue weighted by molar-refractivity contribution is 5.68. The quantitative estimate of drug-likeness (QED) is 0.813. The lowest BCUT2D eigenvalue weighted by Gasteiger charge is -2.30. The number of carbonyl (C=O) groups is 1. The molecule has 0 unspecified atom stereocenters. The second-order valence-corrected chi connectivity index (χ2v) is 7.33. The largest absolute Gasteiger partial charge is 0.444 e. The lowest BCUT2D eigenvalue weighted by atomic mass is 9.91. The summed E-state index contributed by atoms with van der Waals surface area (Å²) in [4.78, 5) is 11.7. The Morgan fingerprint density at radius 1 is 1.15 bits per heavy atom. The molecule has 0 atom stereocenters. The molecular weight excluding hydrogens is 252 g/mol. The monoisotopic (exact) mass is 284 g/mol. The number of rotatable bonds is 5. The lowest BCUT2D eigenvalue weighted by molar-refractivity contribution is 0.0489. The summed E-state index contributed by atoms with van der Waals surface area (Å²) in [6.07, 6.45) is 5.30. The summed E-state index contributed by atoms with van der Waals surface area (Å²) in [5.74, 6) is 0.757. The van der Waals surface area contributed by atoms with E-state index in [-0.39, 0.29) is 12.1 Å². The average molecular weight is 284 g/mol. The molecule has 1 aliphatic rings. The van der Waals surface area contributed by atoms with Crippen LogP contribution in [0.1, 0.15) is 66.7 Å². The fourth-order valence-electron chi connectivity index (χ4n) is 2.49. The molecule has 0 aromatic rings. The van der Waals surface area contributed by atoms with E-state index in [2.05, 4.69) is 24.5 Å². The molecule has 1 rings (SSSR count). The smallest absolute Gasteiger partial charge is 0.407 e. The van der Waals surface area contributed by atoms with Gasteiger partial charge in [0, 0.05) is 12.1 Å². The van der Waals surface area contributed by atoms with E-state index in [4.69, 9.17) is 4.74 Å². The minimum absolute atomic E-state index is 0.271. The molecule has 1 fully saturated rings. The molecule has 0 radical (unpaired) electrons. The Morgan fingerprint density at radius 3 is 2.20 bits per heavy atom. The van der Waals surface area contributed by atoms with Gasteiger partial charge in [-0.3, -0.25) is 0 Å². The number of ether oxygens (including phenoxy) is 1. The highest BCUT2D eigenvalue weighted by atomic mass is 16.6. The number of amides is 1. The molecule has 1 amide bonds. The zero-order chi connectivity index (χ0) is 15.2. The molecule has 2 N–H and O–H groups in total. The van der Waals surface area contributed by atoms with Gasteiger partial charge in [0.1, 0.15) is 5.60 Å². The average Bonchev–Trinajstić information content (AvgIpc) is 2.28. The molecule has 1 saturated carbocycles. The minimum Gasteiger partial charge on any atom is -0.444 e. The Morgan fingerprint density at radius 2 is 1.70 bits per heavy atom. The number of alkyl carbamates (subject to hydrolysis) is 1. The van der Waals surface area contributed by atoms with Crippen LogP contribution in [0.2, 0.25) is 0 Å². The van der Waals surface area contributed by atoms with Gasteiger partial charge in [-0.25, -0.2) is 4.79 Å². The Balaban J connectivity index is 2.17. The van der Waals surface area contributed by atoms with Crippen LogP contribution in [0, 0.1) is 5.92 Å². The molecule has 0 aliphatic heterocycles. The standard InChI is InChI=1S/C16H32N2O2/c1-12(2)10-11-17-13-6-8-14(9-7-13)18-15(19)20-16(3,4)5/h12-14,17H,6-11H2,1-5H3,(H,18,19). The zero-order valence-corrected chi connectivity index (χ0v) is 13.8. The van der Waals surface area contributed by atoms with E-state index in [1.165, 1.54) is 6.42 Å². The number of hydrogen-bond donors (Lipinski definition) is 2. The van der Waals surface area contributed by atoms with Crippen LogP contribution in [0.3, 0.4) is 0 Å². The van der Waals surface area contributed by atoms with Crippen molar-refractivity contribution in [2.24, 2.45) is 5.92 Å². The second-order valence-electron chi connectivity index (χ2n) is 7.33. The van der Waals surface area contributed by atoms with Gasteiger partial charge in [0.2, 0.25) is 0 Å². The first-order valence-electron chi connectivity index (χ1n) is 7.99. The summed E-state index contributed by atoms with van der Waals surface area (Å²) >= 11 is 0. The predicted octanol–water partition coefficient (Wildman–Crippen LogP) is 3.46. The molecule has 0 bridgehead atoms. The van der Waals surface area contributed by atoms with Crippen molar-refractivity contribution >= 4 is 6.09 Å². The van der Waals surface area contributed by atoms with Crippen LogP contribution in [-0.2, 0) is 4.74 Å². The topological polar surface area (TPSA) is 50.4 Å². The molecule has 0 aromatic carbocycles. The van der Waals surface area contributed by atoms with Crippen LogP contribution in [0.5, 0.6) is 0 Å². The van der Waals surface area contributed by atoms with Gasteiger partial charge < -0.3 is 15.4 Å². The van der Waals surface area contributed by atoms with Gasteiger partial charge in [0.05, 0.1) is 0 Å². The van der Waals surface area contributed by atoms with E-state index >= 15 is 0 Å². The molecule has 118 valence electrons. The van der Waals surface area contributed by atoms with Gasteiger partial charge in [-0.05, 0) is 65.3 Å². The Labute approximate surface area is 124 Å². The van der Waals surface area contributed by atoms with E-state index in [9.17, 15) is 4.79 Å². The van der Waals surface area contributed by atoms with Crippen LogP contribution in [0.25, 0.3) is 0 Å². The lowest BCUT2D eigenvalue weighted by Crippen LogP contribution is -2.44. The van der Waals surface area contributed by atoms with Gasteiger partial charge in [-0.1, -0.05) is 13.8 Å². The van der Waals surface area contributed by atoms with Gasteiger partial charge in [0.25, 0.3) is 0 Å². The van der Waals surface area contributed by atoms with E-state index in [0.717, 1.165) is 38.1 Å². The maximum Gasteiger partial charge on any atom is 0.407 e. The molecule has 0 heterocycles. The SMILES string of the molecule is CC(C)CCNC1CCC(NC(=O)OC(C)(C)C)CC1. The zero-order valence-electron chi connectivity index (χ0n) is 13.8. The number of hydrogen-bond acceptors (Lipinski definition) is 3. The summed E-state index contributed by atoms with van der Waals surface area (Å²) in [6.45, 7) is 11.3. The molecular formula is C16H32N2O2. The van der Waals surface area contributed by atoms with Crippen LogP contribution in [0.4, 0.5) is 4.79 Å². The summed E-state index contributed by atoms with van der Waals surface area (Å²) in [7, 11) is 0. The van der Waals surface area contributed by atoms with Gasteiger partial charge >= 0.3 is 6.09 Å². The van der Waals surface area contributed by atoms with Crippen molar-refractivity contribution in [3.8, 4) is 0 Å². The van der Waals surface area contributed by atoms with E-state index in [0.29, 0.717) is 6.04 Å². The van der Waals surface area contributed by atoms with Gasteiger partial charge in [0.15, 0.2) is 0 Å². The van der Waals surface area contributed by atoms with Gasteiger partial charge in [-0.15, -0.1) is 0 Å². The first-order valence-corrected chi connectivity index (χ1v) is 7.99. The van der Waals surface area contributed by atoms with Crippen LogP contribution >= 0.6 is 0 Å². The summed E-state index contributed by atoms with van der Waals surface area (Å²) in [5.41, 5.74) is -0.417. The molecule has 0 saturated heterocycles. The molecule has 4 heteroatoms. The predicted molar refractivity (Wildman–Crippen MR) is 82.9 cm³/mol. The highest BCUT2D eigenvalue weighted by Crippen LogP contribution is 2.19. The van der Waals surface area contributed by atoms with Crippen molar-refractivity contribution in [1.82, 2.24) is 10.6 Å². The Bertz CT molecular complexity index is 289. The fourth-order valence-corrected chi connectivity index (χ4v) is 2.49. The first kappa shape index (κ1) is 17.3. The van der Waals surface area contributed by atoms with E-state index in [1.807, 2.05) is 20.8 Å². The summed E-state index contributed by atoms with van der Waals surface area (Å²) in [6, 6.07) is 0.887. The van der Waals surface area contributed by atoms with Crippen molar-refractivity contribution in [2.75, 3.05) is 6.54 Å². The Hall–Kier alpha value is -0.770. The minimum atomic E-state index is -0.417. The molecule has 20 heavy (non-hydrogen) atoms. The van der Waals surface area contributed by atoms with Gasteiger partial charge in [-0.2, -0.15) is 0 Å². The highest BCUT2D eigenvalue weighted by Gasteiger charge is 2.24. The van der Waals surface area contributed by atoms with Crippen molar-refractivity contribution in [1.29, 1.82) is 0 Å². The molecule has 4 nitrogen and oxygen atoms in total. The third-order valence-corrected chi connectivity index (χ3v) is 3.60.